The Bertz CT molecular complexity index is 946. The van der Waals surface area contributed by atoms with E-state index < -0.39 is 5.82 Å². The van der Waals surface area contributed by atoms with E-state index in [2.05, 4.69) is 15.2 Å². The summed E-state index contributed by atoms with van der Waals surface area (Å²) < 4.78 is 31.1. The maximum atomic E-state index is 15.2. The topological polar surface area (TPSA) is 43.6 Å². The second kappa shape index (κ2) is 5.47. The van der Waals surface area contributed by atoms with E-state index in [1.54, 1.807) is 6.07 Å². The summed E-state index contributed by atoms with van der Waals surface area (Å²) in [6.07, 6.45) is 4.37. The van der Waals surface area contributed by atoms with Gasteiger partial charge in [0.15, 0.2) is 0 Å². The van der Waals surface area contributed by atoms with Gasteiger partial charge < -0.3 is 0 Å². The van der Waals surface area contributed by atoms with Crippen LogP contribution in [0.1, 0.15) is 29.7 Å². The van der Waals surface area contributed by atoms with Crippen LogP contribution in [0.5, 0.6) is 0 Å². The van der Waals surface area contributed by atoms with Crippen molar-refractivity contribution in [3.8, 4) is 16.8 Å². The highest BCUT2D eigenvalue weighted by Gasteiger charge is 2.25. The predicted octanol–water partition coefficient (Wildman–Crippen LogP) is 3.58. The average molecular weight is 326 g/mol. The Morgan fingerprint density at radius 3 is 2.71 bits per heavy atom. The summed E-state index contributed by atoms with van der Waals surface area (Å²) in [4.78, 5) is 3.90. The molecule has 0 amide bonds. The normalized spacial score (nSPS) is 12.8. The van der Waals surface area contributed by atoms with Crippen molar-refractivity contribution < 1.29 is 8.78 Å². The monoisotopic (exact) mass is 326 g/mol. The second-order valence-corrected chi connectivity index (χ2v) is 5.92. The number of rotatable bonds is 2. The first kappa shape index (κ1) is 14.9. The van der Waals surface area contributed by atoms with E-state index in [-0.39, 0.29) is 5.82 Å². The summed E-state index contributed by atoms with van der Waals surface area (Å²) >= 11 is 0. The molecule has 0 unspecified atom stereocenters. The van der Waals surface area contributed by atoms with Gasteiger partial charge in [0.05, 0.1) is 11.9 Å². The van der Waals surface area contributed by atoms with E-state index >= 15 is 4.39 Å². The number of halogens is 2. The van der Waals surface area contributed by atoms with Gasteiger partial charge in [0.1, 0.15) is 23.3 Å². The molecule has 0 saturated heterocycles. The standard InChI is InChI=1S/C18H16F2N4/c1-3-11-14(8-21-9-15(11)19)12-4-6-16-13(18(12)20)5-7-17-23-22-10(2)24(16)17/h4,6,8-9H,3,5,7H2,1-2H3. The fraction of sp³-hybridized carbons (Fsp3) is 0.278. The quantitative estimate of drug-likeness (QED) is 0.723. The summed E-state index contributed by atoms with van der Waals surface area (Å²) in [5.74, 6) is 0.867. The molecule has 6 heteroatoms. The van der Waals surface area contributed by atoms with Gasteiger partial charge in [-0.05, 0) is 37.5 Å². The van der Waals surface area contributed by atoms with E-state index in [9.17, 15) is 4.39 Å². The molecule has 1 aliphatic rings. The van der Waals surface area contributed by atoms with Crippen molar-refractivity contribution in [1.82, 2.24) is 19.7 Å². The van der Waals surface area contributed by atoms with E-state index in [0.717, 1.165) is 17.3 Å². The van der Waals surface area contributed by atoms with Gasteiger partial charge in [-0.15, -0.1) is 10.2 Å². The van der Waals surface area contributed by atoms with Gasteiger partial charge in [-0.25, -0.2) is 8.78 Å². The highest BCUT2D eigenvalue weighted by molar-refractivity contribution is 5.70. The van der Waals surface area contributed by atoms with Crippen molar-refractivity contribution in [1.29, 1.82) is 0 Å². The molecule has 2 aromatic heterocycles. The van der Waals surface area contributed by atoms with Gasteiger partial charge in [0.25, 0.3) is 0 Å². The van der Waals surface area contributed by atoms with Crippen LogP contribution in [-0.2, 0) is 19.3 Å². The van der Waals surface area contributed by atoms with Crippen LogP contribution in [0, 0.1) is 18.6 Å². The molecule has 3 heterocycles. The van der Waals surface area contributed by atoms with Gasteiger partial charge >= 0.3 is 0 Å². The molecule has 24 heavy (non-hydrogen) atoms. The van der Waals surface area contributed by atoms with Crippen LogP contribution in [-0.4, -0.2) is 19.7 Å². The van der Waals surface area contributed by atoms with Crippen LogP contribution < -0.4 is 0 Å². The van der Waals surface area contributed by atoms with Crippen molar-refractivity contribution in [2.75, 3.05) is 0 Å². The molecule has 0 aliphatic carbocycles. The van der Waals surface area contributed by atoms with Gasteiger partial charge in [-0.2, -0.15) is 0 Å². The smallest absolute Gasteiger partial charge is 0.145 e. The molecule has 4 nitrogen and oxygen atoms in total. The highest BCUT2D eigenvalue weighted by atomic mass is 19.1. The maximum absolute atomic E-state index is 15.2. The molecular weight excluding hydrogens is 310 g/mol. The van der Waals surface area contributed by atoms with Crippen LogP contribution in [0.25, 0.3) is 16.8 Å². The summed E-state index contributed by atoms with van der Waals surface area (Å²) in [7, 11) is 0. The average Bonchev–Trinajstić information content (AvgIpc) is 2.97. The molecule has 0 N–H and O–H groups in total. The lowest BCUT2D eigenvalue weighted by molar-refractivity contribution is 0.595. The lowest BCUT2D eigenvalue weighted by Gasteiger charge is -2.21. The minimum Gasteiger partial charge on any atom is -0.283 e. The Morgan fingerprint density at radius 2 is 1.92 bits per heavy atom. The molecule has 4 rings (SSSR count). The number of nitrogens with zero attached hydrogens (tertiary/aromatic N) is 4. The fourth-order valence-electron chi connectivity index (χ4n) is 3.44. The van der Waals surface area contributed by atoms with Crippen molar-refractivity contribution in [2.24, 2.45) is 0 Å². The van der Waals surface area contributed by atoms with Crippen LogP contribution in [0.15, 0.2) is 24.5 Å². The zero-order valence-electron chi connectivity index (χ0n) is 13.5. The summed E-state index contributed by atoms with van der Waals surface area (Å²) in [6, 6.07) is 3.55. The number of hydrogen-bond donors (Lipinski definition) is 0. The number of aryl methyl sites for hydroxylation is 2. The Morgan fingerprint density at radius 1 is 1.08 bits per heavy atom. The fourth-order valence-corrected chi connectivity index (χ4v) is 3.44. The molecule has 0 atom stereocenters. The molecule has 0 fully saturated rings. The number of benzene rings is 1. The lowest BCUT2D eigenvalue weighted by Crippen LogP contribution is -2.15. The van der Waals surface area contributed by atoms with Crippen molar-refractivity contribution in [3.63, 3.8) is 0 Å². The minimum absolute atomic E-state index is 0.312. The molecule has 0 saturated carbocycles. The SMILES string of the molecule is CCc1c(F)cncc1-c1ccc2c(c1F)CCc1nnc(C)n1-2. The van der Waals surface area contributed by atoms with E-state index in [0.29, 0.717) is 41.5 Å². The number of pyridine rings is 1. The van der Waals surface area contributed by atoms with Crippen molar-refractivity contribution >= 4 is 0 Å². The van der Waals surface area contributed by atoms with Gasteiger partial charge in [-0.3, -0.25) is 9.55 Å². The molecule has 1 aromatic carbocycles. The number of fused-ring (bicyclic) bond motifs is 3. The predicted molar refractivity (Wildman–Crippen MR) is 86.0 cm³/mol. The van der Waals surface area contributed by atoms with Gasteiger partial charge in [0, 0.05) is 29.3 Å². The second-order valence-electron chi connectivity index (χ2n) is 5.92. The summed E-state index contributed by atoms with van der Waals surface area (Å²) in [5, 5.41) is 8.21. The van der Waals surface area contributed by atoms with Crippen molar-refractivity contribution in [3.05, 3.63) is 58.9 Å². The Labute approximate surface area is 138 Å². The van der Waals surface area contributed by atoms with E-state index in [1.807, 2.05) is 24.5 Å². The Kier molecular flexibility index (Phi) is 3.40. The molecule has 0 spiro atoms. The summed E-state index contributed by atoms with van der Waals surface area (Å²) in [5.41, 5.74) is 2.79. The molecule has 0 bridgehead atoms. The highest BCUT2D eigenvalue weighted by Crippen LogP contribution is 2.34. The van der Waals surface area contributed by atoms with Crippen LogP contribution in [0.3, 0.4) is 0 Å². The Hall–Kier alpha value is -2.63. The van der Waals surface area contributed by atoms with Crippen LogP contribution in [0.4, 0.5) is 8.78 Å². The molecule has 1 aliphatic heterocycles. The molecule has 3 aromatic rings. The van der Waals surface area contributed by atoms with E-state index in [1.165, 1.54) is 12.4 Å². The first-order valence-electron chi connectivity index (χ1n) is 7.97. The first-order valence-corrected chi connectivity index (χ1v) is 7.97. The third kappa shape index (κ3) is 2.06. The molecule has 122 valence electrons. The van der Waals surface area contributed by atoms with Crippen molar-refractivity contribution in [2.45, 2.75) is 33.1 Å². The van der Waals surface area contributed by atoms with Gasteiger partial charge in [0.2, 0.25) is 0 Å². The number of hydrogen-bond acceptors (Lipinski definition) is 3. The number of aromatic nitrogens is 4. The minimum atomic E-state index is -0.399. The summed E-state index contributed by atoms with van der Waals surface area (Å²) in [6.45, 7) is 3.70. The first-order chi connectivity index (χ1) is 11.6. The zero-order chi connectivity index (χ0) is 16.8. The van der Waals surface area contributed by atoms with Crippen LogP contribution in [0.2, 0.25) is 0 Å². The zero-order valence-corrected chi connectivity index (χ0v) is 13.5. The third-order valence-electron chi connectivity index (χ3n) is 4.60. The molecular formula is C18H16F2N4. The maximum Gasteiger partial charge on any atom is 0.145 e. The largest absolute Gasteiger partial charge is 0.283 e. The third-order valence-corrected chi connectivity index (χ3v) is 4.60. The van der Waals surface area contributed by atoms with Crippen LogP contribution >= 0.6 is 0 Å². The van der Waals surface area contributed by atoms with Gasteiger partial charge in [-0.1, -0.05) is 6.92 Å². The Balaban J connectivity index is 1.94. The lowest BCUT2D eigenvalue weighted by atomic mass is 9.93. The molecule has 0 radical (unpaired) electrons. The van der Waals surface area contributed by atoms with E-state index in [4.69, 9.17) is 0 Å².